The number of benzene rings is 6. The fourth-order valence-corrected chi connectivity index (χ4v) is 6.02. The van der Waals surface area contributed by atoms with E-state index in [9.17, 15) is 0 Å². The minimum atomic E-state index is 1.05. The molecule has 0 aliphatic heterocycles. The van der Waals surface area contributed by atoms with Crippen LogP contribution in [-0.4, -0.2) is 4.98 Å². The molecule has 0 N–H and O–H groups in total. The van der Waals surface area contributed by atoms with Gasteiger partial charge in [-0.25, -0.2) is 0 Å². The molecule has 0 unspecified atom stereocenters. The van der Waals surface area contributed by atoms with Crippen molar-refractivity contribution in [3.05, 3.63) is 139 Å². The number of pyridine rings is 1. The van der Waals surface area contributed by atoms with Crippen LogP contribution in [0.5, 0.6) is 0 Å². The Labute approximate surface area is 223 Å². The summed E-state index contributed by atoms with van der Waals surface area (Å²) in [7, 11) is 0. The molecule has 180 valence electrons. The molecule has 7 rings (SSSR count). The van der Waals surface area contributed by atoms with Crippen LogP contribution in [0.2, 0.25) is 0 Å². The van der Waals surface area contributed by atoms with E-state index in [0.717, 1.165) is 5.69 Å². The van der Waals surface area contributed by atoms with Gasteiger partial charge in [-0.05, 0) is 85.6 Å². The fraction of sp³-hybridized carbons (Fsp3) is 0.0541. The van der Waals surface area contributed by atoms with Gasteiger partial charge in [0.1, 0.15) is 0 Å². The quantitative estimate of drug-likeness (QED) is 0.227. The standard InChI is InChI=1S/C37H27N/c1-24-10-7-16-30-28(24)15-8-17-31(30)37-34-13-5-3-11-32(34)36(33-12-4-6-14-35(33)37)27-21-19-26(20-22-27)29-18-9-23-38-25(29)2/h3-23H,1-2H3. The Morgan fingerprint density at radius 2 is 0.921 bits per heavy atom. The predicted octanol–water partition coefficient (Wildman–Crippen LogP) is 10.2. The second-order valence-electron chi connectivity index (χ2n) is 10.0. The van der Waals surface area contributed by atoms with Crippen molar-refractivity contribution in [2.24, 2.45) is 0 Å². The molecule has 1 heterocycles. The number of rotatable bonds is 3. The van der Waals surface area contributed by atoms with Gasteiger partial charge in [0.15, 0.2) is 0 Å². The van der Waals surface area contributed by atoms with E-state index in [0.29, 0.717) is 0 Å². The maximum absolute atomic E-state index is 4.48. The highest BCUT2D eigenvalue weighted by Crippen LogP contribution is 2.45. The minimum absolute atomic E-state index is 1.05. The average molecular weight is 486 g/mol. The largest absolute Gasteiger partial charge is 0.261 e. The lowest BCUT2D eigenvalue weighted by Crippen LogP contribution is -1.92. The smallest absolute Gasteiger partial charge is 0.0450 e. The van der Waals surface area contributed by atoms with E-state index in [1.807, 2.05) is 12.3 Å². The summed E-state index contributed by atoms with van der Waals surface area (Å²) in [4.78, 5) is 4.48. The van der Waals surface area contributed by atoms with Crippen molar-refractivity contribution < 1.29 is 0 Å². The fourth-order valence-electron chi connectivity index (χ4n) is 6.02. The molecule has 0 atom stereocenters. The van der Waals surface area contributed by atoms with Crippen molar-refractivity contribution in [1.29, 1.82) is 0 Å². The van der Waals surface area contributed by atoms with Gasteiger partial charge >= 0.3 is 0 Å². The molecule has 1 aromatic heterocycles. The van der Waals surface area contributed by atoms with Crippen LogP contribution in [0.1, 0.15) is 11.3 Å². The number of aromatic nitrogens is 1. The molecule has 0 saturated carbocycles. The van der Waals surface area contributed by atoms with E-state index in [4.69, 9.17) is 0 Å². The number of fused-ring (bicyclic) bond motifs is 3. The summed E-state index contributed by atoms with van der Waals surface area (Å²) >= 11 is 0. The van der Waals surface area contributed by atoms with Crippen molar-refractivity contribution in [2.45, 2.75) is 13.8 Å². The van der Waals surface area contributed by atoms with E-state index in [2.05, 4.69) is 134 Å². The van der Waals surface area contributed by atoms with Gasteiger partial charge in [0.25, 0.3) is 0 Å². The second kappa shape index (κ2) is 8.97. The summed E-state index contributed by atoms with van der Waals surface area (Å²) in [5.41, 5.74) is 9.82. The van der Waals surface area contributed by atoms with Crippen molar-refractivity contribution in [2.75, 3.05) is 0 Å². The highest BCUT2D eigenvalue weighted by molar-refractivity contribution is 6.23. The first-order chi connectivity index (χ1) is 18.7. The third kappa shape index (κ3) is 3.51. The summed E-state index contributed by atoms with van der Waals surface area (Å²) in [6.07, 6.45) is 1.85. The van der Waals surface area contributed by atoms with Crippen molar-refractivity contribution in [3.8, 4) is 33.4 Å². The second-order valence-corrected chi connectivity index (χ2v) is 10.0. The van der Waals surface area contributed by atoms with Gasteiger partial charge in [0.05, 0.1) is 0 Å². The van der Waals surface area contributed by atoms with Crippen LogP contribution in [0.25, 0.3) is 65.7 Å². The van der Waals surface area contributed by atoms with Crippen LogP contribution in [-0.2, 0) is 0 Å². The van der Waals surface area contributed by atoms with E-state index < -0.39 is 0 Å². The molecule has 0 bridgehead atoms. The van der Waals surface area contributed by atoms with Crippen LogP contribution in [0.4, 0.5) is 0 Å². The van der Waals surface area contributed by atoms with E-state index >= 15 is 0 Å². The summed E-state index contributed by atoms with van der Waals surface area (Å²) in [5.74, 6) is 0. The van der Waals surface area contributed by atoms with Gasteiger partial charge in [0.2, 0.25) is 0 Å². The van der Waals surface area contributed by atoms with Gasteiger partial charge in [-0.15, -0.1) is 0 Å². The Bertz CT molecular complexity index is 1920. The normalized spacial score (nSPS) is 11.4. The molecule has 38 heavy (non-hydrogen) atoms. The molecule has 0 aliphatic carbocycles. The molecule has 1 heteroatoms. The summed E-state index contributed by atoms with van der Waals surface area (Å²) in [6.45, 7) is 4.26. The van der Waals surface area contributed by atoms with Gasteiger partial charge in [0, 0.05) is 17.5 Å². The topological polar surface area (TPSA) is 12.9 Å². The van der Waals surface area contributed by atoms with Crippen molar-refractivity contribution in [3.63, 3.8) is 0 Å². The van der Waals surface area contributed by atoms with E-state index in [-0.39, 0.29) is 0 Å². The Hall–Kier alpha value is -4.75. The lowest BCUT2D eigenvalue weighted by atomic mass is 9.84. The van der Waals surface area contributed by atoms with Crippen molar-refractivity contribution in [1.82, 2.24) is 4.98 Å². The molecule has 0 amide bonds. The van der Waals surface area contributed by atoms with Crippen LogP contribution < -0.4 is 0 Å². The zero-order chi connectivity index (χ0) is 25.6. The number of hydrogen-bond donors (Lipinski definition) is 0. The molecule has 0 fully saturated rings. The maximum Gasteiger partial charge on any atom is 0.0450 e. The zero-order valence-corrected chi connectivity index (χ0v) is 21.6. The van der Waals surface area contributed by atoms with Crippen molar-refractivity contribution >= 4 is 32.3 Å². The van der Waals surface area contributed by atoms with Crippen LogP contribution in [0.3, 0.4) is 0 Å². The first-order valence-electron chi connectivity index (χ1n) is 13.2. The molecular weight excluding hydrogens is 458 g/mol. The minimum Gasteiger partial charge on any atom is -0.261 e. The lowest BCUT2D eigenvalue weighted by molar-refractivity contribution is 1.20. The van der Waals surface area contributed by atoms with Crippen LogP contribution >= 0.6 is 0 Å². The molecule has 0 aliphatic rings. The van der Waals surface area contributed by atoms with Gasteiger partial charge in [-0.3, -0.25) is 4.98 Å². The zero-order valence-electron chi connectivity index (χ0n) is 21.6. The third-order valence-corrected chi connectivity index (χ3v) is 7.83. The molecule has 0 saturated heterocycles. The Morgan fingerprint density at radius 1 is 0.395 bits per heavy atom. The Kier molecular flexibility index (Phi) is 5.30. The highest BCUT2D eigenvalue weighted by Gasteiger charge is 2.18. The van der Waals surface area contributed by atoms with Crippen LogP contribution in [0.15, 0.2) is 128 Å². The SMILES string of the molecule is Cc1ncccc1-c1ccc(-c2c3ccccc3c(-c3cccc4c(C)cccc34)c3ccccc23)cc1. The number of hydrogen-bond acceptors (Lipinski definition) is 1. The van der Waals surface area contributed by atoms with Gasteiger partial charge in [-0.1, -0.05) is 115 Å². The first-order valence-corrected chi connectivity index (χ1v) is 13.2. The van der Waals surface area contributed by atoms with Crippen LogP contribution in [0, 0.1) is 13.8 Å². The predicted molar refractivity (Wildman–Crippen MR) is 163 cm³/mol. The Morgan fingerprint density at radius 3 is 1.58 bits per heavy atom. The maximum atomic E-state index is 4.48. The third-order valence-electron chi connectivity index (χ3n) is 7.83. The molecule has 0 spiro atoms. The lowest BCUT2D eigenvalue weighted by Gasteiger charge is -2.19. The molecule has 6 aromatic carbocycles. The monoisotopic (exact) mass is 485 g/mol. The van der Waals surface area contributed by atoms with E-state index in [1.54, 1.807) is 0 Å². The summed E-state index contributed by atoms with van der Waals surface area (Å²) in [6, 6.07) is 44.2. The van der Waals surface area contributed by atoms with Gasteiger partial charge < -0.3 is 0 Å². The summed E-state index contributed by atoms with van der Waals surface area (Å²) in [5, 5.41) is 7.72. The Balaban J connectivity index is 1.53. The van der Waals surface area contributed by atoms with E-state index in [1.165, 1.54) is 71.3 Å². The average Bonchev–Trinajstić information content (AvgIpc) is 2.96. The number of aryl methyl sites for hydroxylation is 2. The number of nitrogens with zero attached hydrogens (tertiary/aromatic N) is 1. The molecular formula is C37H27N. The van der Waals surface area contributed by atoms with Gasteiger partial charge in [-0.2, -0.15) is 0 Å². The summed E-state index contributed by atoms with van der Waals surface area (Å²) < 4.78 is 0. The molecule has 0 radical (unpaired) electrons. The molecule has 1 nitrogen and oxygen atoms in total. The highest BCUT2D eigenvalue weighted by atomic mass is 14.7. The molecule has 7 aromatic rings. The first kappa shape index (κ1) is 22.4.